The molecule has 0 aliphatic carbocycles. The maximum absolute atomic E-state index is 10.8. The van der Waals surface area contributed by atoms with Gasteiger partial charge in [-0.25, -0.2) is 0 Å². The van der Waals surface area contributed by atoms with Crippen LogP contribution in [0, 0.1) is 0 Å². The molecule has 3 nitrogen and oxygen atoms in total. The number of carbonyl (C=O) groups excluding carboxylic acids is 1. The third kappa shape index (κ3) is 2.38. The lowest BCUT2D eigenvalue weighted by atomic mass is 10.1. The van der Waals surface area contributed by atoms with E-state index in [4.69, 9.17) is 4.74 Å². The lowest BCUT2D eigenvalue weighted by molar-refractivity contribution is -0.152. The van der Waals surface area contributed by atoms with Crippen LogP contribution in [0.5, 0.6) is 0 Å². The Kier molecular flexibility index (Phi) is 2.78. The minimum absolute atomic E-state index is 0.162. The van der Waals surface area contributed by atoms with Gasteiger partial charge in [0.2, 0.25) is 0 Å². The van der Waals surface area contributed by atoms with Gasteiger partial charge in [-0.2, -0.15) is 12.6 Å². The zero-order valence-corrected chi connectivity index (χ0v) is 7.49. The average Bonchev–Trinajstić information content (AvgIpc) is 2.36. The number of ether oxygens (including phenoxy) is 1. The monoisotopic (exact) mass is 175 g/mol. The SMILES string of the molecule is CC1(OC(=O)CS)CCNC1. The summed E-state index contributed by atoms with van der Waals surface area (Å²) < 4.78 is 5.17. The first kappa shape index (κ1) is 8.87. The van der Waals surface area contributed by atoms with E-state index in [-0.39, 0.29) is 17.3 Å². The Morgan fingerprint density at radius 3 is 3.00 bits per heavy atom. The minimum atomic E-state index is -0.292. The summed E-state index contributed by atoms with van der Waals surface area (Å²) in [5, 5.41) is 3.14. The molecule has 0 amide bonds. The zero-order chi connectivity index (χ0) is 8.32. The number of thiol groups is 1. The van der Waals surface area contributed by atoms with Crippen LogP contribution in [-0.4, -0.2) is 30.4 Å². The van der Waals surface area contributed by atoms with Gasteiger partial charge in [-0.3, -0.25) is 4.79 Å². The predicted molar refractivity (Wildman–Crippen MR) is 45.8 cm³/mol. The normalized spacial score (nSPS) is 30.4. The Bertz CT molecular complexity index is 155. The van der Waals surface area contributed by atoms with Crippen LogP contribution in [0.25, 0.3) is 0 Å². The number of rotatable bonds is 2. The molecule has 1 unspecified atom stereocenters. The van der Waals surface area contributed by atoms with E-state index < -0.39 is 0 Å². The molecule has 4 heteroatoms. The first-order valence-corrected chi connectivity index (χ1v) is 4.33. The molecule has 11 heavy (non-hydrogen) atoms. The van der Waals surface area contributed by atoms with Gasteiger partial charge >= 0.3 is 5.97 Å². The summed E-state index contributed by atoms with van der Waals surface area (Å²) in [6.07, 6.45) is 0.895. The number of carbonyl (C=O) groups is 1. The quantitative estimate of drug-likeness (QED) is 0.465. The van der Waals surface area contributed by atoms with Crippen molar-refractivity contribution >= 4 is 18.6 Å². The van der Waals surface area contributed by atoms with Gasteiger partial charge in [0, 0.05) is 13.0 Å². The van der Waals surface area contributed by atoms with Crippen molar-refractivity contribution < 1.29 is 9.53 Å². The second kappa shape index (κ2) is 3.45. The number of nitrogens with one attached hydrogen (secondary N) is 1. The summed E-state index contributed by atoms with van der Waals surface area (Å²) in [5.41, 5.74) is -0.292. The molecule has 1 N–H and O–H groups in total. The van der Waals surface area contributed by atoms with E-state index in [9.17, 15) is 4.79 Å². The first-order chi connectivity index (χ1) is 5.16. The van der Waals surface area contributed by atoms with Crippen molar-refractivity contribution in [2.75, 3.05) is 18.8 Å². The molecule has 0 radical (unpaired) electrons. The molecule has 1 fully saturated rings. The Morgan fingerprint density at radius 2 is 2.55 bits per heavy atom. The molecular formula is C7H13NO2S. The van der Waals surface area contributed by atoms with Crippen molar-refractivity contribution in [3.63, 3.8) is 0 Å². The van der Waals surface area contributed by atoms with E-state index in [1.54, 1.807) is 0 Å². The number of hydrogen-bond acceptors (Lipinski definition) is 4. The fourth-order valence-corrected chi connectivity index (χ4v) is 1.25. The Labute approximate surface area is 71.9 Å². The highest BCUT2D eigenvalue weighted by Crippen LogP contribution is 2.18. The average molecular weight is 175 g/mol. The van der Waals surface area contributed by atoms with Crippen LogP contribution >= 0.6 is 12.6 Å². The maximum atomic E-state index is 10.8. The van der Waals surface area contributed by atoms with Gasteiger partial charge in [0.25, 0.3) is 0 Å². The largest absolute Gasteiger partial charge is 0.457 e. The highest BCUT2D eigenvalue weighted by Gasteiger charge is 2.31. The van der Waals surface area contributed by atoms with Crippen molar-refractivity contribution in [1.29, 1.82) is 0 Å². The molecule has 1 atom stereocenters. The van der Waals surface area contributed by atoms with Crippen molar-refractivity contribution in [2.45, 2.75) is 18.9 Å². The number of esters is 1. The Balaban J connectivity index is 2.39. The fraction of sp³-hybridized carbons (Fsp3) is 0.857. The van der Waals surface area contributed by atoms with Crippen molar-refractivity contribution in [2.24, 2.45) is 0 Å². The summed E-state index contributed by atoms with van der Waals surface area (Å²) in [6.45, 7) is 3.62. The van der Waals surface area contributed by atoms with E-state index in [1.807, 2.05) is 6.92 Å². The minimum Gasteiger partial charge on any atom is -0.457 e. The van der Waals surface area contributed by atoms with E-state index in [2.05, 4.69) is 17.9 Å². The van der Waals surface area contributed by atoms with Gasteiger partial charge in [-0.1, -0.05) is 0 Å². The molecule has 64 valence electrons. The van der Waals surface area contributed by atoms with Crippen molar-refractivity contribution in [3.8, 4) is 0 Å². The second-order valence-electron chi connectivity index (χ2n) is 3.01. The van der Waals surface area contributed by atoms with E-state index in [1.165, 1.54) is 0 Å². The van der Waals surface area contributed by atoms with E-state index >= 15 is 0 Å². The molecule has 1 saturated heterocycles. The van der Waals surface area contributed by atoms with Crippen LogP contribution in [0.4, 0.5) is 0 Å². The summed E-state index contributed by atoms with van der Waals surface area (Å²) >= 11 is 3.83. The standard InChI is InChI=1S/C7H13NO2S/c1-7(2-3-8-5-7)10-6(9)4-11/h8,11H,2-5H2,1H3. The second-order valence-corrected chi connectivity index (χ2v) is 3.33. The number of hydrogen-bond donors (Lipinski definition) is 2. The van der Waals surface area contributed by atoms with Gasteiger partial charge < -0.3 is 10.1 Å². The third-order valence-electron chi connectivity index (χ3n) is 1.82. The first-order valence-electron chi connectivity index (χ1n) is 3.70. The molecule has 0 aromatic rings. The molecular weight excluding hydrogens is 162 g/mol. The molecule has 1 aliphatic heterocycles. The maximum Gasteiger partial charge on any atom is 0.316 e. The molecule has 0 spiro atoms. The van der Waals surface area contributed by atoms with Crippen LogP contribution in [0.1, 0.15) is 13.3 Å². The topological polar surface area (TPSA) is 38.3 Å². The molecule has 0 saturated carbocycles. The van der Waals surface area contributed by atoms with Crippen LogP contribution in [-0.2, 0) is 9.53 Å². The van der Waals surface area contributed by atoms with Gasteiger partial charge in [0.1, 0.15) is 5.60 Å². The summed E-state index contributed by atoms with van der Waals surface area (Å²) in [7, 11) is 0. The van der Waals surface area contributed by atoms with Crippen LogP contribution in [0.15, 0.2) is 0 Å². The molecule has 0 aromatic heterocycles. The van der Waals surface area contributed by atoms with Crippen molar-refractivity contribution in [1.82, 2.24) is 5.32 Å². The smallest absolute Gasteiger partial charge is 0.316 e. The highest BCUT2D eigenvalue weighted by atomic mass is 32.1. The highest BCUT2D eigenvalue weighted by molar-refractivity contribution is 7.81. The van der Waals surface area contributed by atoms with Gasteiger partial charge in [-0.05, 0) is 13.5 Å². The fourth-order valence-electron chi connectivity index (χ4n) is 1.19. The van der Waals surface area contributed by atoms with Crippen LogP contribution in [0.2, 0.25) is 0 Å². The third-order valence-corrected chi connectivity index (χ3v) is 2.08. The van der Waals surface area contributed by atoms with E-state index in [0.717, 1.165) is 19.5 Å². The Hall–Kier alpha value is -0.220. The molecule has 1 rings (SSSR count). The summed E-state index contributed by atoms with van der Waals surface area (Å²) in [5.74, 6) is -0.0743. The lowest BCUT2D eigenvalue weighted by Crippen LogP contribution is -2.34. The zero-order valence-electron chi connectivity index (χ0n) is 6.59. The van der Waals surface area contributed by atoms with E-state index in [0.29, 0.717) is 0 Å². The Morgan fingerprint density at radius 1 is 1.82 bits per heavy atom. The van der Waals surface area contributed by atoms with Gasteiger partial charge in [0.05, 0.1) is 5.75 Å². The molecule has 0 aromatic carbocycles. The lowest BCUT2D eigenvalue weighted by Gasteiger charge is -2.22. The summed E-state index contributed by atoms with van der Waals surface area (Å²) in [4.78, 5) is 10.8. The van der Waals surface area contributed by atoms with Crippen LogP contribution < -0.4 is 5.32 Å². The van der Waals surface area contributed by atoms with Crippen LogP contribution in [0.3, 0.4) is 0 Å². The molecule has 0 bridgehead atoms. The predicted octanol–water partition coefficient (Wildman–Crippen LogP) is 0.211. The van der Waals surface area contributed by atoms with Gasteiger partial charge in [0.15, 0.2) is 0 Å². The summed E-state index contributed by atoms with van der Waals surface area (Å²) in [6, 6.07) is 0. The molecule has 1 aliphatic rings. The molecule has 1 heterocycles. The van der Waals surface area contributed by atoms with Crippen molar-refractivity contribution in [3.05, 3.63) is 0 Å². The van der Waals surface area contributed by atoms with Gasteiger partial charge in [-0.15, -0.1) is 0 Å².